The first kappa shape index (κ1) is 12.6. The SMILES string of the molecule is C=CC(=O)O.CC(Cl)C(=O)O. The number of carboxylic acid groups (broad SMARTS) is 2. The van der Waals surface area contributed by atoms with Gasteiger partial charge in [0.05, 0.1) is 0 Å². The van der Waals surface area contributed by atoms with Crippen LogP contribution in [0.5, 0.6) is 0 Å². The van der Waals surface area contributed by atoms with Crippen molar-refractivity contribution in [2.45, 2.75) is 12.3 Å². The van der Waals surface area contributed by atoms with E-state index in [4.69, 9.17) is 21.8 Å². The summed E-state index contributed by atoms with van der Waals surface area (Å²) in [6, 6.07) is 0. The number of hydrogen-bond acceptors (Lipinski definition) is 2. The van der Waals surface area contributed by atoms with E-state index < -0.39 is 17.3 Å². The Labute approximate surface area is 69.1 Å². The summed E-state index contributed by atoms with van der Waals surface area (Å²) < 4.78 is 0. The average Bonchev–Trinajstić information content (AvgIpc) is 1.89. The van der Waals surface area contributed by atoms with Gasteiger partial charge in [0.1, 0.15) is 5.38 Å². The summed E-state index contributed by atoms with van der Waals surface area (Å²) in [6.45, 7) is 4.37. The third-order valence-electron chi connectivity index (χ3n) is 0.515. The molecule has 11 heavy (non-hydrogen) atoms. The Morgan fingerprint density at radius 1 is 1.55 bits per heavy atom. The third-order valence-corrected chi connectivity index (χ3v) is 0.702. The molecule has 0 rings (SSSR count). The van der Waals surface area contributed by atoms with E-state index in [1.54, 1.807) is 0 Å². The van der Waals surface area contributed by atoms with E-state index in [-0.39, 0.29) is 0 Å². The van der Waals surface area contributed by atoms with Gasteiger partial charge in [-0.2, -0.15) is 0 Å². The highest BCUT2D eigenvalue weighted by molar-refractivity contribution is 6.29. The molecule has 0 aliphatic heterocycles. The van der Waals surface area contributed by atoms with E-state index in [9.17, 15) is 9.59 Å². The number of carbonyl (C=O) groups is 2. The maximum absolute atomic E-state index is 9.57. The lowest BCUT2D eigenvalue weighted by molar-refractivity contribution is -0.136. The van der Waals surface area contributed by atoms with Crippen LogP contribution in [0.1, 0.15) is 6.92 Å². The minimum atomic E-state index is -0.981. The van der Waals surface area contributed by atoms with Gasteiger partial charge >= 0.3 is 11.9 Å². The summed E-state index contributed by atoms with van der Waals surface area (Å²) in [5.74, 6) is -1.96. The largest absolute Gasteiger partial charge is 0.480 e. The number of aliphatic carboxylic acids is 2. The summed E-state index contributed by atoms with van der Waals surface area (Å²) in [5.41, 5.74) is 0. The first-order chi connectivity index (χ1) is 4.91. The highest BCUT2D eigenvalue weighted by Gasteiger charge is 2.02. The van der Waals surface area contributed by atoms with Gasteiger partial charge in [-0.3, -0.25) is 4.79 Å². The van der Waals surface area contributed by atoms with Gasteiger partial charge in [0.25, 0.3) is 0 Å². The summed E-state index contributed by atoms with van der Waals surface area (Å²) in [6.07, 6.45) is 0.833. The van der Waals surface area contributed by atoms with Crippen LogP contribution in [0.3, 0.4) is 0 Å². The Hall–Kier alpha value is -1.03. The van der Waals surface area contributed by atoms with E-state index in [0.29, 0.717) is 0 Å². The van der Waals surface area contributed by atoms with Gasteiger partial charge in [-0.25, -0.2) is 4.79 Å². The first-order valence-corrected chi connectivity index (χ1v) is 3.07. The zero-order valence-electron chi connectivity index (χ0n) is 5.95. The monoisotopic (exact) mass is 180 g/mol. The fourth-order valence-corrected chi connectivity index (χ4v) is 0. The molecule has 0 aromatic carbocycles. The van der Waals surface area contributed by atoms with Crippen LogP contribution < -0.4 is 0 Å². The summed E-state index contributed by atoms with van der Waals surface area (Å²) in [5, 5.41) is 14.7. The van der Waals surface area contributed by atoms with Gasteiger partial charge in [-0.1, -0.05) is 6.58 Å². The first-order valence-electron chi connectivity index (χ1n) is 2.64. The van der Waals surface area contributed by atoms with E-state index in [2.05, 4.69) is 6.58 Å². The fraction of sp³-hybridized carbons (Fsp3) is 0.333. The topological polar surface area (TPSA) is 74.6 Å². The average molecular weight is 181 g/mol. The maximum atomic E-state index is 9.57. The minimum absolute atomic E-state index is 0.759. The summed E-state index contributed by atoms with van der Waals surface area (Å²) in [4.78, 5) is 18.8. The normalized spacial score (nSPS) is 10.4. The van der Waals surface area contributed by atoms with Crippen LogP contribution in [0.15, 0.2) is 12.7 Å². The van der Waals surface area contributed by atoms with E-state index in [1.165, 1.54) is 6.92 Å². The zero-order valence-corrected chi connectivity index (χ0v) is 6.71. The Morgan fingerprint density at radius 3 is 1.73 bits per heavy atom. The zero-order chi connectivity index (χ0) is 9.44. The predicted octanol–water partition coefficient (Wildman–Crippen LogP) is 0.955. The van der Waals surface area contributed by atoms with Gasteiger partial charge < -0.3 is 10.2 Å². The van der Waals surface area contributed by atoms with Crippen molar-refractivity contribution >= 4 is 23.5 Å². The molecule has 1 atom stereocenters. The Morgan fingerprint density at radius 2 is 1.73 bits per heavy atom. The lowest BCUT2D eigenvalue weighted by Crippen LogP contribution is -2.06. The standard InChI is InChI=1S/C3H5ClO2.C3H4O2/c1-2(4)3(5)6;1-2-3(4)5/h2H,1H3,(H,5,6);2H,1H2,(H,4,5). The maximum Gasteiger partial charge on any atom is 0.327 e. The third kappa shape index (κ3) is 17.6. The van der Waals surface area contributed by atoms with Gasteiger partial charge in [0, 0.05) is 6.08 Å². The molecule has 0 aromatic heterocycles. The van der Waals surface area contributed by atoms with Crippen LogP contribution >= 0.6 is 11.6 Å². The van der Waals surface area contributed by atoms with Crippen molar-refractivity contribution in [1.29, 1.82) is 0 Å². The highest BCUT2D eigenvalue weighted by Crippen LogP contribution is 1.89. The molecule has 0 heterocycles. The van der Waals surface area contributed by atoms with Crippen molar-refractivity contribution in [2.75, 3.05) is 0 Å². The molecule has 0 amide bonds. The van der Waals surface area contributed by atoms with E-state index >= 15 is 0 Å². The minimum Gasteiger partial charge on any atom is -0.480 e. The molecule has 5 heteroatoms. The molecule has 0 radical (unpaired) electrons. The van der Waals surface area contributed by atoms with Crippen LogP contribution in [0.4, 0.5) is 0 Å². The Bertz CT molecular complexity index is 153. The van der Waals surface area contributed by atoms with E-state index in [1.807, 2.05) is 0 Å². The van der Waals surface area contributed by atoms with Crippen LogP contribution in [-0.2, 0) is 9.59 Å². The van der Waals surface area contributed by atoms with Gasteiger partial charge in [0.2, 0.25) is 0 Å². The Kier molecular flexibility index (Phi) is 8.13. The van der Waals surface area contributed by atoms with Crippen molar-refractivity contribution in [3.8, 4) is 0 Å². The number of halogens is 1. The molecule has 0 aliphatic rings. The molecule has 0 aliphatic carbocycles. The van der Waals surface area contributed by atoms with E-state index in [0.717, 1.165) is 6.08 Å². The molecule has 0 spiro atoms. The predicted molar refractivity (Wildman–Crippen MR) is 40.8 cm³/mol. The lowest BCUT2D eigenvalue weighted by Gasteiger charge is -1.86. The molecule has 0 saturated heterocycles. The highest BCUT2D eigenvalue weighted by atomic mass is 35.5. The molecular formula is C6H9ClO4. The quantitative estimate of drug-likeness (QED) is 0.490. The molecule has 0 fully saturated rings. The molecule has 0 saturated carbocycles. The second-order valence-corrected chi connectivity index (χ2v) is 2.15. The van der Waals surface area contributed by atoms with Crippen LogP contribution in [-0.4, -0.2) is 27.5 Å². The lowest BCUT2D eigenvalue weighted by atomic mass is 10.5. The Balaban J connectivity index is 0. The van der Waals surface area contributed by atoms with Crippen LogP contribution in [0.25, 0.3) is 0 Å². The van der Waals surface area contributed by atoms with Crippen LogP contribution in [0, 0.1) is 0 Å². The van der Waals surface area contributed by atoms with Crippen molar-refractivity contribution < 1.29 is 19.8 Å². The summed E-state index contributed by atoms with van der Waals surface area (Å²) in [7, 11) is 0. The summed E-state index contributed by atoms with van der Waals surface area (Å²) >= 11 is 5.01. The second-order valence-electron chi connectivity index (χ2n) is 1.50. The van der Waals surface area contributed by atoms with Gasteiger partial charge in [-0.05, 0) is 6.92 Å². The molecule has 1 unspecified atom stereocenters. The second kappa shape index (κ2) is 7.08. The molecule has 64 valence electrons. The molecule has 2 N–H and O–H groups in total. The number of carboxylic acids is 2. The number of hydrogen-bond donors (Lipinski definition) is 2. The number of alkyl halides is 1. The van der Waals surface area contributed by atoms with Crippen molar-refractivity contribution in [1.82, 2.24) is 0 Å². The number of rotatable bonds is 2. The smallest absolute Gasteiger partial charge is 0.327 e. The van der Waals surface area contributed by atoms with Crippen molar-refractivity contribution in [3.05, 3.63) is 12.7 Å². The molecule has 0 aromatic rings. The van der Waals surface area contributed by atoms with Crippen molar-refractivity contribution in [3.63, 3.8) is 0 Å². The fourth-order valence-electron chi connectivity index (χ4n) is 0. The van der Waals surface area contributed by atoms with Crippen molar-refractivity contribution in [2.24, 2.45) is 0 Å². The van der Waals surface area contributed by atoms with Gasteiger partial charge in [-0.15, -0.1) is 11.6 Å². The molecule has 4 nitrogen and oxygen atoms in total. The molecule has 0 bridgehead atoms. The van der Waals surface area contributed by atoms with Gasteiger partial charge in [0.15, 0.2) is 0 Å². The molecular weight excluding hydrogens is 172 g/mol. The van der Waals surface area contributed by atoms with Crippen LogP contribution in [0.2, 0.25) is 0 Å².